The zero-order valence-electron chi connectivity index (χ0n) is 20.8. The van der Waals surface area contributed by atoms with E-state index in [0.717, 1.165) is 28.8 Å². The lowest BCUT2D eigenvalue weighted by atomic mass is 9.95. The highest BCUT2D eigenvalue weighted by molar-refractivity contribution is 7.80. The van der Waals surface area contributed by atoms with Crippen molar-refractivity contribution >= 4 is 41.9 Å². The van der Waals surface area contributed by atoms with Crippen LogP contribution in [0, 0.1) is 5.82 Å². The molecule has 4 rings (SSSR count). The van der Waals surface area contributed by atoms with Crippen molar-refractivity contribution in [3.63, 3.8) is 0 Å². The zero-order valence-corrected chi connectivity index (χ0v) is 22.6. The lowest BCUT2D eigenvalue weighted by Gasteiger charge is -2.42. The lowest BCUT2D eigenvalue weighted by molar-refractivity contribution is -0.130. The Kier molecular flexibility index (Phi) is 8.03. The van der Waals surface area contributed by atoms with E-state index in [4.69, 9.17) is 12.2 Å². The number of carbonyl (C=O) groups excluding carboxylic acids is 1. The van der Waals surface area contributed by atoms with E-state index >= 15 is 0 Å². The van der Waals surface area contributed by atoms with Crippen molar-refractivity contribution in [2.24, 2.45) is 0 Å². The molecule has 0 bridgehead atoms. The fourth-order valence-electron chi connectivity index (χ4n) is 5.27. The summed E-state index contributed by atoms with van der Waals surface area (Å²) in [5, 5.41) is 5.11. The van der Waals surface area contributed by atoms with Crippen molar-refractivity contribution in [2.75, 3.05) is 6.54 Å². The van der Waals surface area contributed by atoms with E-state index in [1.54, 1.807) is 17.0 Å². The van der Waals surface area contributed by atoms with Crippen LogP contribution in [0.2, 0.25) is 5.04 Å². The third kappa shape index (κ3) is 5.28. The summed E-state index contributed by atoms with van der Waals surface area (Å²) < 4.78 is 13.7. The number of carbonyl (C=O) groups is 1. The van der Waals surface area contributed by atoms with Gasteiger partial charge in [0.15, 0.2) is 5.11 Å². The minimum absolute atomic E-state index is 0.0215. The second-order valence-electron chi connectivity index (χ2n) is 10.0. The fraction of sp³-hybridized carbons (Fsp3) is 0.310. The molecule has 1 atom stereocenters. The van der Waals surface area contributed by atoms with Gasteiger partial charge in [-0.15, -0.1) is 0 Å². The molecule has 1 fully saturated rings. The molecule has 7 heteroatoms. The number of hydrogen-bond donors (Lipinski definition) is 2. The maximum Gasteiger partial charge on any atom is 0.258 e. The minimum atomic E-state index is -3.12. The number of nitrogens with one attached hydrogen (secondary N) is 1. The second-order valence-corrected chi connectivity index (χ2v) is 14.3. The van der Waals surface area contributed by atoms with Crippen molar-refractivity contribution in [1.29, 1.82) is 0 Å². The quantitative estimate of drug-likeness (QED) is 0.318. The summed E-state index contributed by atoms with van der Waals surface area (Å²) in [7, 11) is -3.12. The average molecular weight is 521 g/mol. The standard InChI is InChI=1S/C29H33FN2O2SSi/c1-29(2,36(34,24-10-5-3-6-11-24)25-12-7-4-8-13-25)20-9-14-26(22-15-17-23(30)18-16-22)32-27(33)19-21-31-28(32)35/h3-8,10-13,15-18,26,34H,9,14,19-21H2,1-2H3,(H,31,35). The molecule has 2 N–H and O–H groups in total. The smallest absolute Gasteiger partial charge is 0.258 e. The van der Waals surface area contributed by atoms with Crippen LogP contribution in [0.4, 0.5) is 4.39 Å². The molecule has 4 nitrogen and oxygen atoms in total. The molecule has 1 aliphatic heterocycles. The van der Waals surface area contributed by atoms with Gasteiger partial charge in [-0.2, -0.15) is 0 Å². The Balaban J connectivity index is 1.61. The molecule has 36 heavy (non-hydrogen) atoms. The Morgan fingerprint density at radius 1 is 1.00 bits per heavy atom. The monoisotopic (exact) mass is 520 g/mol. The van der Waals surface area contributed by atoms with Gasteiger partial charge in [0.1, 0.15) is 5.82 Å². The Hall–Kier alpha value is -2.87. The van der Waals surface area contributed by atoms with Crippen molar-refractivity contribution in [3.05, 3.63) is 96.3 Å². The van der Waals surface area contributed by atoms with E-state index in [0.29, 0.717) is 24.5 Å². The maximum absolute atomic E-state index is 13.7. The number of rotatable bonds is 9. The van der Waals surface area contributed by atoms with Crippen molar-refractivity contribution in [3.8, 4) is 0 Å². The molecule has 0 aliphatic carbocycles. The summed E-state index contributed by atoms with van der Waals surface area (Å²) in [6.07, 6.45) is 2.53. The fourth-order valence-corrected chi connectivity index (χ4v) is 9.38. The molecule has 0 spiro atoms. The molecule has 0 aromatic heterocycles. The van der Waals surface area contributed by atoms with E-state index in [2.05, 4.69) is 19.2 Å². The predicted octanol–water partition coefficient (Wildman–Crippen LogP) is 4.68. The van der Waals surface area contributed by atoms with Crippen LogP contribution in [0.5, 0.6) is 0 Å². The van der Waals surface area contributed by atoms with Crippen LogP contribution in [0.1, 0.15) is 51.1 Å². The number of thiocarbonyl (C=S) groups is 1. The number of amides is 1. The summed E-state index contributed by atoms with van der Waals surface area (Å²) in [5.41, 5.74) is 0.854. The van der Waals surface area contributed by atoms with E-state index in [-0.39, 0.29) is 17.8 Å². The van der Waals surface area contributed by atoms with Crippen LogP contribution in [0.25, 0.3) is 0 Å². The van der Waals surface area contributed by atoms with E-state index < -0.39 is 13.4 Å². The number of benzene rings is 3. The van der Waals surface area contributed by atoms with Gasteiger partial charge in [-0.05, 0) is 58.2 Å². The van der Waals surface area contributed by atoms with Crippen LogP contribution >= 0.6 is 12.2 Å². The number of nitrogens with zero attached hydrogens (tertiary/aromatic N) is 1. The van der Waals surface area contributed by atoms with Crippen LogP contribution in [0.3, 0.4) is 0 Å². The summed E-state index contributed by atoms with van der Waals surface area (Å²) >= 11 is 5.50. The minimum Gasteiger partial charge on any atom is -0.424 e. The van der Waals surface area contributed by atoms with Gasteiger partial charge in [0.2, 0.25) is 5.91 Å². The highest BCUT2D eigenvalue weighted by atomic mass is 32.1. The van der Waals surface area contributed by atoms with Gasteiger partial charge in [0, 0.05) is 13.0 Å². The van der Waals surface area contributed by atoms with Gasteiger partial charge in [-0.1, -0.05) is 93.1 Å². The largest absolute Gasteiger partial charge is 0.424 e. The molecule has 188 valence electrons. The molecule has 3 aromatic carbocycles. The summed E-state index contributed by atoms with van der Waals surface area (Å²) in [6, 6.07) is 26.0. The Bertz CT molecular complexity index is 1130. The Morgan fingerprint density at radius 3 is 2.08 bits per heavy atom. The van der Waals surface area contributed by atoms with Crippen LogP contribution in [0.15, 0.2) is 84.9 Å². The first-order valence-corrected chi connectivity index (χ1v) is 14.8. The van der Waals surface area contributed by atoms with Gasteiger partial charge in [0.05, 0.1) is 6.04 Å². The third-order valence-electron chi connectivity index (χ3n) is 7.31. The van der Waals surface area contributed by atoms with E-state index in [9.17, 15) is 14.0 Å². The van der Waals surface area contributed by atoms with Gasteiger partial charge in [-0.3, -0.25) is 9.69 Å². The molecule has 1 unspecified atom stereocenters. The molecule has 0 saturated carbocycles. The summed E-state index contributed by atoms with van der Waals surface area (Å²) in [4.78, 5) is 26.9. The van der Waals surface area contributed by atoms with Crippen LogP contribution in [-0.2, 0) is 4.79 Å². The molecular weight excluding hydrogens is 487 g/mol. The molecule has 1 saturated heterocycles. The normalized spacial score (nSPS) is 15.5. The number of hydrogen-bond acceptors (Lipinski definition) is 3. The Labute approximate surface area is 219 Å². The molecule has 1 amide bonds. The van der Waals surface area contributed by atoms with Crippen molar-refractivity contribution in [1.82, 2.24) is 10.2 Å². The van der Waals surface area contributed by atoms with Gasteiger partial charge < -0.3 is 10.1 Å². The SMILES string of the molecule is CC(C)(CCCC(c1ccc(F)cc1)N1C(=O)CCNC1=S)[Si](O)(c1ccccc1)c1ccccc1. The molecular formula is C29H33FN2O2SSi. The van der Waals surface area contributed by atoms with Gasteiger partial charge in [0.25, 0.3) is 8.32 Å². The van der Waals surface area contributed by atoms with E-state index in [1.807, 2.05) is 60.7 Å². The second kappa shape index (κ2) is 11.0. The first-order valence-electron chi connectivity index (χ1n) is 12.4. The topological polar surface area (TPSA) is 52.6 Å². The number of halogens is 1. The first-order chi connectivity index (χ1) is 17.2. The van der Waals surface area contributed by atoms with Gasteiger partial charge >= 0.3 is 0 Å². The summed E-state index contributed by atoms with van der Waals surface area (Å²) in [6.45, 7) is 4.82. The maximum atomic E-state index is 13.7. The van der Waals surface area contributed by atoms with Crippen molar-refractivity contribution < 1.29 is 14.0 Å². The molecule has 1 heterocycles. The van der Waals surface area contributed by atoms with Gasteiger partial charge in [-0.25, -0.2) is 4.39 Å². The molecule has 3 aromatic rings. The zero-order chi connectivity index (χ0) is 25.8. The lowest BCUT2D eigenvalue weighted by Crippen LogP contribution is -2.65. The summed E-state index contributed by atoms with van der Waals surface area (Å²) in [5.74, 6) is -0.335. The Morgan fingerprint density at radius 2 is 1.56 bits per heavy atom. The predicted molar refractivity (Wildman–Crippen MR) is 149 cm³/mol. The van der Waals surface area contributed by atoms with Crippen molar-refractivity contribution in [2.45, 2.75) is 50.6 Å². The van der Waals surface area contributed by atoms with Crippen LogP contribution in [-0.4, -0.2) is 35.6 Å². The first kappa shape index (κ1) is 26.2. The van der Waals surface area contributed by atoms with Crippen LogP contribution < -0.4 is 15.7 Å². The average Bonchev–Trinajstić information content (AvgIpc) is 2.88. The third-order valence-corrected chi connectivity index (χ3v) is 12.2. The highest BCUT2D eigenvalue weighted by Crippen LogP contribution is 2.41. The highest BCUT2D eigenvalue weighted by Gasteiger charge is 2.49. The molecule has 1 aliphatic rings. The molecule has 0 radical (unpaired) electrons. The van der Waals surface area contributed by atoms with E-state index in [1.165, 1.54) is 12.1 Å².